The van der Waals surface area contributed by atoms with Gasteiger partial charge in [-0.1, -0.05) is 18.2 Å². The Morgan fingerprint density at radius 1 is 1.23 bits per heavy atom. The Morgan fingerprint density at radius 3 is 2.81 bits per heavy atom. The van der Waals surface area contributed by atoms with E-state index in [0.29, 0.717) is 36.2 Å². The number of halogens is 2. The highest BCUT2D eigenvalue weighted by Crippen LogP contribution is 2.24. The molecule has 0 unspecified atom stereocenters. The van der Waals surface area contributed by atoms with E-state index in [1.54, 1.807) is 29.2 Å². The lowest BCUT2D eigenvalue weighted by atomic mass is 9.91. The van der Waals surface area contributed by atoms with Gasteiger partial charge < -0.3 is 4.90 Å². The highest BCUT2D eigenvalue weighted by Gasteiger charge is 2.25. The number of benzene rings is 2. The Bertz CT molecular complexity index is 844. The van der Waals surface area contributed by atoms with Crippen molar-refractivity contribution < 1.29 is 13.6 Å². The molecule has 0 saturated carbocycles. The maximum absolute atomic E-state index is 13.8. The molecule has 1 aliphatic rings. The normalized spacial score (nSPS) is 17.0. The lowest BCUT2D eigenvalue weighted by Crippen LogP contribution is -2.40. The van der Waals surface area contributed by atoms with Gasteiger partial charge in [-0.05, 0) is 55.4 Å². The van der Waals surface area contributed by atoms with E-state index in [1.165, 1.54) is 12.1 Å². The first kappa shape index (κ1) is 18.1. The minimum atomic E-state index is -0.572. The standard InChI is InChI=1S/C21H20F2N2O/c22-18-10-9-16(20(23)12-18)8-7-15-4-3-11-25(14-15)21(26)19-6-2-1-5-17(19)13-24/h1-2,5-6,9-10,12,15H,3-4,7-8,11,14H2/t15-/m1/s1. The number of likely N-dealkylation sites (tertiary alicyclic amines) is 1. The van der Waals surface area contributed by atoms with Crippen LogP contribution >= 0.6 is 0 Å². The average molecular weight is 354 g/mol. The number of carbonyl (C=O) groups is 1. The monoisotopic (exact) mass is 354 g/mol. The van der Waals surface area contributed by atoms with Crippen LogP contribution in [0.3, 0.4) is 0 Å². The average Bonchev–Trinajstić information content (AvgIpc) is 2.67. The molecule has 1 saturated heterocycles. The van der Waals surface area contributed by atoms with Crippen LogP contribution in [0.15, 0.2) is 42.5 Å². The topological polar surface area (TPSA) is 44.1 Å². The Balaban J connectivity index is 1.64. The van der Waals surface area contributed by atoms with Crippen LogP contribution in [0.25, 0.3) is 0 Å². The van der Waals surface area contributed by atoms with Gasteiger partial charge in [-0.3, -0.25) is 4.79 Å². The van der Waals surface area contributed by atoms with E-state index in [0.717, 1.165) is 25.3 Å². The molecule has 1 heterocycles. The Labute approximate surface area is 151 Å². The van der Waals surface area contributed by atoms with Crippen LogP contribution in [0.1, 0.15) is 40.7 Å². The molecular formula is C21H20F2N2O. The minimum absolute atomic E-state index is 0.125. The van der Waals surface area contributed by atoms with Gasteiger partial charge in [0, 0.05) is 19.2 Å². The van der Waals surface area contributed by atoms with Crippen LogP contribution in [-0.4, -0.2) is 23.9 Å². The molecule has 26 heavy (non-hydrogen) atoms. The molecule has 1 atom stereocenters. The third-order valence-corrected chi connectivity index (χ3v) is 4.92. The van der Waals surface area contributed by atoms with Gasteiger partial charge in [0.05, 0.1) is 17.2 Å². The molecule has 0 bridgehead atoms. The smallest absolute Gasteiger partial charge is 0.255 e. The largest absolute Gasteiger partial charge is 0.338 e. The molecule has 2 aromatic rings. The van der Waals surface area contributed by atoms with Crippen molar-refractivity contribution >= 4 is 5.91 Å². The van der Waals surface area contributed by atoms with Crippen molar-refractivity contribution in [3.05, 3.63) is 70.8 Å². The number of hydrogen-bond donors (Lipinski definition) is 0. The number of carbonyl (C=O) groups excluding carboxylic acids is 1. The summed E-state index contributed by atoms with van der Waals surface area (Å²) in [5.74, 6) is -0.945. The van der Waals surface area contributed by atoms with Gasteiger partial charge in [-0.2, -0.15) is 5.26 Å². The summed E-state index contributed by atoms with van der Waals surface area (Å²) in [4.78, 5) is 14.5. The van der Waals surface area contributed by atoms with Crippen molar-refractivity contribution in [3.8, 4) is 6.07 Å². The first-order valence-corrected chi connectivity index (χ1v) is 8.81. The predicted molar refractivity (Wildman–Crippen MR) is 94.5 cm³/mol. The number of piperidine rings is 1. The van der Waals surface area contributed by atoms with E-state index in [1.807, 2.05) is 0 Å². The summed E-state index contributed by atoms with van der Waals surface area (Å²) in [6.07, 6.45) is 3.13. The number of nitrogens with zero attached hydrogens (tertiary/aromatic N) is 2. The highest BCUT2D eigenvalue weighted by molar-refractivity contribution is 5.96. The Hall–Kier alpha value is -2.74. The van der Waals surface area contributed by atoms with Gasteiger partial charge in [-0.25, -0.2) is 8.78 Å². The molecule has 3 nitrogen and oxygen atoms in total. The molecule has 0 spiro atoms. The van der Waals surface area contributed by atoms with E-state index in [4.69, 9.17) is 0 Å². The molecule has 2 aromatic carbocycles. The fourth-order valence-corrected chi connectivity index (χ4v) is 3.51. The van der Waals surface area contributed by atoms with Crippen molar-refractivity contribution in [1.29, 1.82) is 5.26 Å². The van der Waals surface area contributed by atoms with Crippen molar-refractivity contribution in [2.75, 3.05) is 13.1 Å². The van der Waals surface area contributed by atoms with Crippen LogP contribution in [0.5, 0.6) is 0 Å². The minimum Gasteiger partial charge on any atom is -0.338 e. The molecule has 1 aliphatic heterocycles. The summed E-state index contributed by atoms with van der Waals surface area (Å²) < 4.78 is 26.8. The molecular weight excluding hydrogens is 334 g/mol. The molecule has 5 heteroatoms. The zero-order valence-electron chi connectivity index (χ0n) is 14.4. The molecule has 3 rings (SSSR count). The lowest BCUT2D eigenvalue weighted by Gasteiger charge is -2.33. The quantitative estimate of drug-likeness (QED) is 0.821. The zero-order chi connectivity index (χ0) is 18.5. The van der Waals surface area contributed by atoms with Gasteiger partial charge >= 0.3 is 0 Å². The number of aryl methyl sites for hydroxylation is 1. The zero-order valence-corrected chi connectivity index (χ0v) is 14.4. The van der Waals surface area contributed by atoms with E-state index in [-0.39, 0.29) is 11.8 Å². The molecule has 0 aromatic heterocycles. The second-order valence-corrected chi connectivity index (χ2v) is 6.69. The molecule has 1 fully saturated rings. The summed E-state index contributed by atoms with van der Waals surface area (Å²) >= 11 is 0. The number of amides is 1. The Kier molecular flexibility index (Phi) is 5.62. The number of rotatable bonds is 4. The van der Waals surface area contributed by atoms with E-state index < -0.39 is 11.6 Å². The number of hydrogen-bond acceptors (Lipinski definition) is 2. The maximum atomic E-state index is 13.8. The summed E-state index contributed by atoms with van der Waals surface area (Å²) in [6, 6.07) is 12.6. The van der Waals surface area contributed by atoms with Crippen molar-refractivity contribution in [2.45, 2.75) is 25.7 Å². The van der Waals surface area contributed by atoms with Crippen molar-refractivity contribution in [2.24, 2.45) is 5.92 Å². The van der Waals surface area contributed by atoms with Crippen LogP contribution < -0.4 is 0 Å². The Morgan fingerprint density at radius 2 is 2.04 bits per heavy atom. The third-order valence-electron chi connectivity index (χ3n) is 4.92. The highest BCUT2D eigenvalue weighted by atomic mass is 19.1. The van der Waals surface area contributed by atoms with Gasteiger partial charge in [0.2, 0.25) is 0 Å². The van der Waals surface area contributed by atoms with Crippen molar-refractivity contribution in [1.82, 2.24) is 4.90 Å². The summed E-state index contributed by atoms with van der Waals surface area (Å²) in [5.41, 5.74) is 1.32. The van der Waals surface area contributed by atoms with Gasteiger partial charge in [0.15, 0.2) is 0 Å². The molecule has 1 amide bonds. The summed E-state index contributed by atoms with van der Waals surface area (Å²) in [6.45, 7) is 1.27. The van der Waals surface area contributed by atoms with Crippen molar-refractivity contribution in [3.63, 3.8) is 0 Å². The SMILES string of the molecule is N#Cc1ccccc1C(=O)N1CCC[C@H](CCc2ccc(F)cc2F)C1. The fourth-order valence-electron chi connectivity index (χ4n) is 3.51. The lowest BCUT2D eigenvalue weighted by molar-refractivity contribution is 0.0668. The van der Waals surface area contributed by atoms with Crippen LogP contribution in [0.4, 0.5) is 8.78 Å². The van der Waals surface area contributed by atoms with Gasteiger partial charge in [0.25, 0.3) is 5.91 Å². The maximum Gasteiger partial charge on any atom is 0.255 e. The van der Waals surface area contributed by atoms with Gasteiger partial charge in [-0.15, -0.1) is 0 Å². The van der Waals surface area contributed by atoms with Crippen LogP contribution in [0.2, 0.25) is 0 Å². The molecule has 134 valence electrons. The predicted octanol–water partition coefficient (Wildman–Crippen LogP) is 4.32. The van der Waals surface area contributed by atoms with Crippen LogP contribution in [0, 0.1) is 28.9 Å². The van der Waals surface area contributed by atoms with Crippen LogP contribution in [-0.2, 0) is 6.42 Å². The first-order valence-electron chi connectivity index (χ1n) is 8.81. The molecule has 0 N–H and O–H groups in total. The van der Waals surface area contributed by atoms with Gasteiger partial charge in [0.1, 0.15) is 11.6 Å². The molecule has 0 aliphatic carbocycles. The molecule has 0 radical (unpaired) electrons. The first-order chi connectivity index (χ1) is 12.6. The van der Waals surface area contributed by atoms with E-state index in [2.05, 4.69) is 6.07 Å². The second kappa shape index (κ2) is 8.09. The third kappa shape index (κ3) is 4.08. The number of nitriles is 1. The van der Waals surface area contributed by atoms with E-state index >= 15 is 0 Å². The second-order valence-electron chi connectivity index (χ2n) is 6.69. The fraction of sp³-hybridized carbons (Fsp3) is 0.333. The summed E-state index contributed by atoms with van der Waals surface area (Å²) in [7, 11) is 0. The van der Waals surface area contributed by atoms with E-state index in [9.17, 15) is 18.8 Å². The summed E-state index contributed by atoms with van der Waals surface area (Å²) in [5, 5.41) is 9.19.